The molecule has 0 radical (unpaired) electrons. The van der Waals surface area contributed by atoms with Gasteiger partial charge in [-0.1, -0.05) is 30.0 Å². The lowest BCUT2D eigenvalue weighted by atomic mass is 10.0. The summed E-state index contributed by atoms with van der Waals surface area (Å²) in [6.07, 6.45) is 0. The van der Waals surface area contributed by atoms with Gasteiger partial charge in [-0.15, -0.1) is 11.3 Å². The first-order valence-electron chi connectivity index (χ1n) is 8.27. The third-order valence-corrected chi connectivity index (χ3v) is 6.51. The molecule has 0 bridgehead atoms. The number of thiophene rings is 1. The zero-order valence-electron chi connectivity index (χ0n) is 15.4. The Morgan fingerprint density at radius 3 is 2.69 bits per heavy atom. The zero-order valence-corrected chi connectivity index (χ0v) is 17.0. The number of amides is 1. The van der Waals surface area contributed by atoms with Crippen molar-refractivity contribution in [1.82, 2.24) is 14.9 Å². The molecule has 2 heterocycles. The van der Waals surface area contributed by atoms with E-state index in [0.29, 0.717) is 15.4 Å². The fourth-order valence-corrected chi connectivity index (χ4v) is 4.62. The van der Waals surface area contributed by atoms with Gasteiger partial charge in [0.25, 0.3) is 5.56 Å². The SMILES string of the molecule is CNC(=O)C(C)Sc1nc2scc(-c3ccc(C)c(C)c3)c2c(=O)n1C. The van der Waals surface area contributed by atoms with Gasteiger partial charge in [0.1, 0.15) is 4.83 Å². The number of nitrogens with zero attached hydrogens (tertiary/aromatic N) is 2. The number of thioether (sulfide) groups is 1. The van der Waals surface area contributed by atoms with E-state index in [4.69, 9.17) is 0 Å². The average molecular weight is 388 g/mol. The van der Waals surface area contributed by atoms with E-state index in [0.717, 1.165) is 11.1 Å². The molecule has 7 heteroatoms. The fourth-order valence-electron chi connectivity index (χ4n) is 2.69. The van der Waals surface area contributed by atoms with Crippen LogP contribution in [-0.4, -0.2) is 27.8 Å². The molecule has 0 aliphatic rings. The molecule has 2 aromatic heterocycles. The molecule has 0 saturated heterocycles. The van der Waals surface area contributed by atoms with E-state index in [-0.39, 0.29) is 16.7 Å². The molecular formula is C19H21N3O2S2. The minimum absolute atomic E-state index is 0.0870. The monoisotopic (exact) mass is 387 g/mol. The van der Waals surface area contributed by atoms with Gasteiger partial charge in [-0.25, -0.2) is 4.98 Å². The number of hydrogen-bond donors (Lipinski definition) is 1. The van der Waals surface area contributed by atoms with Crippen LogP contribution in [0.5, 0.6) is 0 Å². The van der Waals surface area contributed by atoms with Crippen LogP contribution in [0, 0.1) is 13.8 Å². The van der Waals surface area contributed by atoms with Crippen molar-refractivity contribution in [3.8, 4) is 11.1 Å². The molecule has 0 spiro atoms. The predicted molar refractivity (Wildman–Crippen MR) is 109 cm³/mol. The van der Waals surface area contributed by atoms with Crippen LogP contribution in [-0.2, 0) is 11.8 Å². The molecule has 1 aromatic carbocycles. The third-order valence-electron chi connectivity index (χ3n) is 4.49. The molecule has 0 aliphatic carbocycles. The summed E-state index contributed by atoms with van der Waals surface area (Å²) in [6, 6.07) is 6.22. The molecule has 1 amide bonds. The van der Waals surface area contributed by atoms with Crippen LogP contribution in [0.3, 0.4) is 0 Å². The van der Waals surface area contributed by atoms with Gasteiger partial charge in [0, 0.05) is 25.0 Å². The molecule has 1 N–H and O–H groups in total. The molecule has 1 atom stereocenters. The number of benzene rings is 1. The molecule has 136 valence electrons. The summed E-state index contributed by atoms with van der Waals surface area (Å²) < 4.78 is 1.53. The van der Waals surface area contributed by atoms with Crippen molar-refractivity contribution < 1.29 is 4.79 Å². The highest BCUT2D eigenvalue weighted by molar-refractivity contribution is 8.00. The van der Waals surface area contributed by atoms with Gasteiger partial charge in [0.15, 0.2) is 5.16 Å². The fraction of sp³-hybridized carbons (Fsp3) is 0.316. The number of carbonyl (C=O) groups excluding carboxylic acids is 1. The Kier molecular flexibility index (Phi) is 5.20. The van der Waals surface area contributed by atoms with E-state index in [1.165, 1.54) is 38.8 Å². The number of carbonyl (C=O) groups is 1. The third kappa shape index (κ3) is 3.29. The maximum Gasteiger partial charge on any atom is 0.263 e. The average Bonchev–Trinajstić information content (AvgIpc) is 3.04. The summed E-state index contributed by atoms with van der Waals surface area (Å²) >= 11 is 2.75. The maximum atomic E-state index is 13.0. The highest BCUT2D eigenvalue weighted by atomic mass is 32.2. The van der Waals surface area contributed by atoms with Gasteiger partial charge in [0.2, 0.25) is 5.91 Å². The normalized spacial score (nSPS) is 12.3. The number of rotatable bonds is 4. The van der Waals surface area contributed by atoms with Crippen molar-refractivity contribution in [3.05, 3.63) is 45.1 Å². The van der Waals surface area contributed by atoms with Crippen molar-refractivity contribution >= 4 is 39.2 Å². The Hall–Kier alpha value is -2.12. The molecule has 0 aliphatic heterocycles. The Morgan fingerprint density at radius 2 is 2.04 bits per heavy atom. The van der Waals surface area contributed by atoms with Crippen LogP contribution in [0.15, 0.2) is 33.5 Å². The lowest BCUT2D eigenvalue weighted by molar-refractivity contribution is -0.119. The van der Waals surface area contributed by atoms with Gasteiger partial charge >= 0.3 is 0 Å². The van der Waals surface area contributed by atoms with E-state index in [2.05, 4.69) is 36.3 Å². The highest BCUT2D eigenvalue weighted by Crippen LogP contribution is 2.33. The molecule has 3 aromatic rings. The number of hydrogen-bond acceptors (Lipinski definition) is 5. The van der Waals surface area contributed by atoms with E-state index in [1.54, 1.807) is 21.0 Å². The molecule has 5 nitrogen and oxygen atoms in total. The topological polar surface area (TPSA) is 64.0 Å². The first-order valence-corrected chi connectivity index (χ1v) is 10.0. The van der Waals surface area contributed by atoms with Gasteiger partial charge in [0.05, 0.1) is 10.6 Å². The van der Waals surface area contributed by atoms with E-state index >= 15 is 0 Å². The quantitative estimate of drug-likeness (QED) is 0.550. The van der Waals surface area contributed by atoms with Crippen LogP contribution in [0.2, 0.25) is 0 Å². The molecule has 26 heavy (non-hydrogen) atoms. The summed E-state index contributed by atoms with van der Waals surface area (Å²) in [6.45, 7) is 5.94. The first kappa shape index (κ1) is 18.7. The van der Waals surface area contributed by atoms with E-state index in [9.17, 15) is 9.59 Å². The van der Waals surface area contributed by atoms with Crippen molar-refractivity contribution in [2.24, 2.45) is 7.05 Å². The number of nitrogens with one attached hydrogen (secondary N) is 1. The van der Waals surface area contributed by atoms with Crippen molar-refractivity contribution in [2.45, 2.75) is 31.2 Å². The molecule has 3 rings (SSSR count). The second-order valence-corrected chi connectivity index (χ2v) is 8.43. The van der Waals surface area contributed by atoms with Crippen LogP contribution < -0.4 is 10.9 Å². The lowest BCUT2D eigenvalue weighted by Crippen LogP contribution is -2.28. The van der Waals surface area contributed by atoms with Crippen LogP contribution in [0.4, 0.5) is 0 Å². The molecule has 0 saturated carbocycles. The zero-order chi connectivity index (χ0) is 19.0. The van der Waals surface area contributed by atoms with Gasteiger partial charge in [-0.2, -0.15) is 0 Å². The molecule has 1 unspecified atom stereocenters. The lowest BCUT2D eigenvalue weighted by Gasteiger charge is -2.12. The minimum atomic E-state index is -0.324. The summed E-state index contributed by atoms with van der Waals surface area (Å²) in [7, 11) is 3.31. The van der Waals surface area contributed by atoms with Crippen molar-refractivity contribution in [2.75, 3.05) is 7.05 Å². The Balaban J connectivity index is 2.11. The number of aromatic nitrogens is 2. The standard InChI is InChI=1S/C19H21N3O2S2/c1-10-6-7-13(8-11(10)2)14-9-25-17-15(14)18(24)22(5)19(21-17)26-12(3)16(23)20-4/h6-9,12H,1-5H3,(H,20,23). The Labute approximate surface area is 160 Å². The molecular weight excluding hydrogens is 366 g/mol. The summed E-state index contributed by atoms with van der Waals surface area (Å²) in [5.41, 5.74) is 4.27. The number of fused-ring (bicyclic) bond motifs is 1. The second-order valence-electron chi connectivity index (χ2n) is 6.26. The first-order chi connectivity index (χ1) is 12.3. The van der Waals surface area contributed by atoms with Gasteiger partial charge in [-0.05, 0) is 37.5 Å². The van der Waals surface area contributed by atoms with Crippen molar-refractivity contribution in [1.29, 1.82) is 0 Å². The largest absolute Gasteiger partial charge is 0.358 e. The molecule has 0 fully saturated rings. The smallest absolute Gasteiger partial charge is 0.263 e. The summed E-state index contributed by atoms with van der Waals surface area (Å²) in [5, 5.41) is 5.47. The number of aryl methyl sites for hydroxylation is 2. The van der Waals surface area contributed by atoms with Crippen LogP contribution in [0.25, 0.3) is 21.3 Å². The van der Waals surface area contributed by atoms with Crippen LogP contribution >= 0.6 is 23.1 Å². The highest BCUT2D eigenvalue weighted by Gasteiger charge is 2.19. The minimum Gasteiger partial charge on any atom is -0.358 e. The summed E-state index contributed by atoms with van der Waals surface area (Å²) in [5.74, 6) is -0.0913. The maximum absolute atomic E-state index is 13.0. The summed E-state index contributed by atoms with van der Waals surface area (Å²) in [4.78, 5) is 30.1. The Bertz CT molecular complexity index is 1050. The van der Waals surface area contributed by atoms with Crippen LogP contribution in [0.1, 0.15) is 18.1 Å². The Morgan fingerprint density at radius 1 is 1.31 bits per heavy atom. The second kappa shape index (κ2) is 7.25. The van der Waals surface area contributed by atoms with Gasteiger partial charge < -0.3 is 5.32 Å². The van der Waals surface area contributed by atoms with Crippen molar-refractivity contribution in [3.63, 3.8) is 0 Å². The van der Waals surface area contributed by atoms with E-state index < -0.39 is 0 Å². The van der Waals surface area contributed by atoms with E-state index in [1.807, 2.05) is 11.4 Å². The predicted octanol–water partition coefficient (Wildman–Crippen LogP) is 3.51. The van der Waals surface area contributed by atoms with Gasteiger partial charge in [-0.3, -0.25) is 14.2 Å².